The van der Waals surface area contributed by atoms with E-state index < -0.39 is 0 Å². The summed E-state index contributed by atoms with van der Waals surface area (Å²) in [5, 5.41) is 0. The fourth-order valence-electron chi connectivity index (χ4n) is 1.70. The van der Waals surface area contributed by atoms with Crippen molar-refractivity contribution in [3.63, 3.8) is 0 Å². The largest absolute Gasteiger partial charge is 0.489 e. The van der Waals surface area contributed by atoms with E-state index >= 15 is 0 Å². The first-order valence-electron chi connectivity index (χ1n) is 6.18. The average Bonchev–Trinajstić information content (AvgIpc) is 2.37. The maximum absolute atomic E-state index is 5.80. The number of hydrogen-bond acceptors (Lipinski definition) is 2. The zero-order valence-corrected chi connectivity index (χ0v) is 11.2. The number of ether oxygens (including phenoxy) is 1. The van der Waals surface area contributed by atoms with E-state index in [2.05, 4.69) is 37.9 Å². The molecule has 0 bridgehead atoms. The van der Waals surface area contributed by atoms with Crippen molar-refractivity contribution in [2.75, 3.05) is 0 Å². The van der Waals surface area contributed by atoms with Crippen LogP contribution in [0.3, 0.4) is 0 Å². The van der Waals surface area contributed by atoms with Crippen molar-refractivity contribution < 1.29 is 4.74 Å². The molecule has 0 spiro atoms. The summed E-state index contributed by atoms with van der Waals surface area (Å²) in [7, 11) is 0. The van der Waals surface area contributed by atoms with Crippen LogP contribution in [-0.4, -0.2) is 4.98 Å². The SMILES string of the molecule is CC(C)(C)c1cccc(OCc2ccncc2)c1. The Morgan fingerprint density at radius 2 is 1.78 bits per heavy atom. The highest BCUT2D eigenvalue weighted by Crippen LogP contribution is 2.25. The summed E-state index contributed by atoms with van der Waals surface area (Å²) < 4.78 is 5.80. The molecule has 94 valence electrons. The van der Waals surface area contributed by atoms with Gasteiger partial charge in [-0.15, -0.1) is 0 Å². The topological polar surface area (TPSA) is 22.1 Å². The van der Waals surface area contributed by atoms with Crippen LogP contribution in [0, 0.1) is 0 Å². The van der Waals surface area contributed by atoms with Crippen LogP contribution in [0.4, 0.5) is 0 Å². The van der Waals surface area contributed by atoms with Crippen LogP contribution in [0.5, 0.6) is 5.75 Å². The lowest BCUT2D eigenvalue weighted by molar-refractivity contribution is 0.305. The Balaban J connectivity index is 2.06. The fourth-order valence-corrected chi connectivity index (χ4v) is 1.70. The molecule has 0 radical (unpaired) electrons. The van der Waals surface area contributed by atoms with Crippen LogP contribution in [0.2, 0.25) is 0 Å². The first-order valence-corrected chi connectivity index (χ1v) is 6.18. The van der Waals surface area contributed by atoms with E-state index in [0.29, 0.717) is 6.61 Å². The van der Waals surface area contributed by atoms with E-state index in [9.17, 15) is 0 Å². The van der Waals surface area contributed by atoms with Gasteiger partial charge in [-0.05, 0) is 40.8 Å². The molecule has 2 heteroatoms. The molecule has 2 nitrogen and oxygen atoms in total. The van der Waals surface area contributed by atoms with Crippen molar-refractivity contribution in [3.05, 3.63) is 59.9 Å². The third-order valence-electron chi connectivity index (χ3n) is 2.85. The van der Waals surface area contributed by atoms with Crippen molar-refractivity contribution in [2.24, 2.45) is 0 Å². The molecule has 1 heterocycles. The summed E-state index contributed by atoms with van der Waals surface area (Å²) in [5.41, 5.74) is 2.57. The number of hydrogen-bond donors (Lipinski definition) is 0. The van der Waals surface area contributed by atoms with Gasteiger partial charge in [-0.3, -0.25) is 4.98 Å². The Morgan fingerprint density at radius 1 is 1.06 bits per heavy atom. The number of rotatable bonds is 3. The number of nitrogens with zero attached hydrogens (tertiary/aromatic N) is 1. The monoisotopic (exact) mass is 241 g/mol. The van der Waals surface area contributed by atoms with Crippen molar-refractivity contribution >= 4 is 0 Å². The second-order valence-electron chi connectivity index (χ2n) is 5.42. The summed E-state index contributed by atoms with van der Waals surface area (Å²) in [6.07, 6.45) is 3.56. The van der Waals surface area contributed by atoms with Crippen LogP contribution in [-0.2, 0) is 12.0 Å². The smallest absolute Gasteiger partial charge is 0.120 e. The Kier molecular flexibility index (Phi) is 3.66. The summed E-state index contributed by atoms with van der Waals surface area (Å²) in [5.74, 6) is 0.916. The number of aromatic nitrogens is 1. The van der Waals surface area contributed by atoms with Gasteiger partial charge in [0.25, 0.3) is 0 Å². The minimum Gasteiger partial charge on any atom is -0.489 e. The fraction of sp³-hybridized carbons (Fsp3) is 0.312. The molecule has 2 aromatic rings. The van der Waals surface area contributed by atoms with Gasteiger partial charge in [0.2, 0.25) is 0 Å². The van der Waals surface area contributed by atoms with E-state index in [1.807, 2.05) is 24.3 Å². The highest BCUT2D eigenvalue weighted by molar-refractivity contribution is 5.32. The lowest BCUT2D eigenvalue weighted by atomic mass is 9.87. The van der Waals surface area contributed by atoms with Crippen LogP contribution < -0.4 is 4.74 Å². The van der Waals surface area contributed by atoms with Crippen LogP contribution in [0.15, 0.2) is 48.8 Å². The van der Waals surface area contributed by atoms with E-state index in [4.69, 9.17) is 4.74 Å². The van der Waals surface area contributed by atoms with E-state index in [1.165, 1.54) is 5.56 Å². The van der Waals surface area contributed by atoms with Gasteiger partial charge in [0.1, 0.15) is 12.4 Å². The van der Waals surface area contributed by atoms with Crippen LogP contribution >= 0.6 is 0 Å². The van der Waals surface area contributed by atoms with Crippen molar-refractivity contribution in [3.8, 4) is 5.75 Å². The summed E-state index contributed by atoms with van der Waals surface area (Å²) in [4.78, 5) is 3.99. The van der Waals surface area contributed by atoms with Gasteiger partial charge < -0.3 is 4.74 Å². The van der Waals surface area contributed by atoms with Gasteiger partial charge >= 0.3 is 0 Å². The van der Waals surface area contributed by atoms with Gasteiger partial charge in [0.05, 0.1) is 0 Å². The predicted molar refractivity (Wildman–Crippen MR) is 73.7 cm³/mol. The Morgan fingerprint density at radius 3 is 2.44 bits per heavy atom. The molecule has 0 atom stereocenters. The molecule has 1 aromatic carbocycles. The maximum atomic E-state index is 5.80. The number of benzene rings is 1. The maximum Gasteiger partial charge on any atom is 0.120 e. The second-order valence-corrected chi connectivity index (χ2v) is 5.42. The summed E-state index contributed by atoms with van der Waals surface area (Å²) in [6, 6.07) is 12.2. The zero-order valence-electron chi connectivity index (χ0n) is 11.2. The molecular weight excluding hydrogens is 222 g/mol. The highest BCUT2D eigenvalue weighted by Gasteiger charge is 2.13. The minimum absolute atomic E-state index is 0.149. The lowest BCUT2D eigenvalue weighted by Crippen LogP contribution is -2.10. The van der Waals surface area contributed by atoms with Crippen LogP contribution in [0.25, 0.3) is 0 Å². The van der Waals surface area contributed by atoms with E-state index in [1.54, 1.807) is 12.4 Å². The summed E-state index contributed by atoms with van der Waals surface area (Å²) >= 11 is 0. The third-order valence-corrected chi connectivity index (χ3v) is 2.85. The van der Waals surface area contributed by atoms with Gasteiger partial charge in [0, 0.05) is 12.4 Å². The molecule has 0 aliphatic carbocycles. The van der Waals surface area contributed by atoms with Gasteiger partial charge in [-0.2, -0.15) is 0 Å². The first-order chi connectivity index (χ1) is 8.55. The molecule has 2 rings (SSSR count). The minimum atomic E-state index is 0.149. The molecule has 0 N–H and O–H groups in total. The quantitative estimate of drug-likeness (QED) is 0.811. The Bertz CT molecular complexity index is 500. The Labute approximate surface area is 109 Å². The third kappa shape index (κ3) is 3.33. The van der Waals surface area contributed by atoms with Crippen LogP contribution in [0.1, 0.15) is 31.9 Å². The normalized spacial score (nSPS) is 11.3. The van der Waals surface area contributed by atoms with E-state index in [0.717, 1.165) is 11.3 Å². The average molecular weight is 241 g/mol. The highest BCUT2D eigenvalue weighted by atomic mass is 16.5. The molecule has 0 unspecified atom stereocenters. The van der Waals surface area contributed by atoms with Gasteiger partial charge in [-0.1, -0.05) is 32.9 Å². The lowest BCUT2D eigenvalue weighted by Gasteiger charge is -2.19. The Hall–Kier alpha value is -1.83. The van der Waals surface area contributed by atoms with Crippen molar-refractivity contribution in [1.82, 2.24) is 4.98 Å². The molecule has 1 aromatic heterocycles. The van der Waals surface area contributed by atoms with Crippen molar-refractivity contribution in [2.45, 2.75) is 32.8 Å². The standard InChI is InChI=1S/C16H19NO/c1-16(2,3)14-5-4-6-15(11-14)18-12-13-7-9-17-10-8-13/h4-11H,12H2,1-3H3. The molecule has 0 saturated heterocycles. The van der Waals surface area contributed by atoms with Gasteiger partial charge in [-0.25, -0.2) is 0 Å². The van der Waals surface area contributed by atoms with E-state index in [-0.39, 0.29) is 5.41 Å². The van der Waals surface area contributed by atoms with Crippen molar-refractivity contribution in [1.29, 1.82) is 0 Å². The summed E-state index contributed by atoms with van der Waals surface area (Å²) in [6.45, 7) is 7.19. The van der Waals surface area contributed by atoms with Gasteiger partial charge in [0.15, 0.2) is 0 Å². The molecule has 0 fully saturated rings. The molecule has 0 amide bonds. The predicted octanol–water partition coefficient (Wildman–Crippen LogP) is 3.96. The molecule has 0 aliphatic heterocycles. The number of pyridine rings is 1. The molecule has 0 saturated carbocycles. The molecular formula is C16H19NO. The zero-order chi connectivity index (χ0) is 13.0. The molecule has 0 aliphatic rings. The first kappa shape index (κ1) is 12.6. The molecule has 18 heavy (non-hydrogen) atoms. The second kappa shape index (κ2) is 5.21.